The number of aliphatic hydroxyl groups excluding tert-OH is 1. The van der Waals surface area contributed by atoms with Crippen molar-refractivity contribution < 1.29 is 14.6 Å². The van der Waals surface area contributed by atoms with Crippen molar-refractivity contribution in [3.8, 4) is 0 Å². The monoisotopic (exact) mass is 274 g/mol. The number of hydrogen-bond donors (Lipinski definition) is 1. The van der Waals surface area contributed by atoms with Gasteiger partial charge in [-0.1, -0.05) is 6.07 Å². The summed E-state index contributed by atoms with van der Waals surface area (Å²) in [7, 11) is 1.96. The summed E-state index contributed by atoms with van der Waals surface area (Å²) in [6.07, 6.45) is 1.33. The molecule has 1 aromatic carbocycles. The molecule has 0 unspecified atom stereocenters. The number of aryl methyl sites for hydroxylation is 1. The fourth-order valence-electron chi connectivity index (χ4n) is 2.64. The van der Waals surface area contributed by atoms with Crippen LogP contribution in [-0.4, -0.2) is 52.9 Å². The molecule has 1 N–H and O–H groups in total. The van der Waals surface area contributed by atoms with Crippen LogP contribution in [0.15, 0.2) is 30.5 Å². The van der Waals surface area contributed by atoms with Crippen LogP contribution in [0.3, 0.4) is 0 Å². The lowest BCUT2D eigenvalue weighted by molar-refractivity contribution is 0.0535. The molecule has 1 fully saturated rings. The summed E-state index contributed by atoms with van der Waals surface area (Å²) in [5.74, 6) is -0.0497. The largest absolute Gasteiger partial charge is 0.389 e. The van der Waals surface area contributed by atoms with Crippen molar-refractivity contribution in [2.45, 2.75) is 6.10 Å². The lowest BCUT2D eigenvalue weighted by atomic mass is 10.1. The van der Waals surface area contributed by atoms with Crippen molar-refractivity contribution >= 4 is 16.8 Å². The number of fused-ring (bicyclic) bond motifs is 1. The van der Waals surface area contributed by atoms with E-state index in [1.165, 1.54) is 0 Å². The second kappa shape index (κ2) is 5.26. The van der Waals surface area contributed by atoms with Crippen molar-refractivity contribution in [3.63, 3.8) is 0 Å². The second-order valence-electron chi connectivity index (χ2n) is 5.14. The minimum absolute atomic E-state index is 0.0497. The van der Waals surface area contributed by atoms with Crippen molar-refractivity contribution in [1.82, 2.24) is 9.47 Å². The topological polar surface area (TPSA) is 54.7 Å². The molecule has 0 bridgehead atoms. The van der Waals surface area contributed by atoms with E-state index >= 15 is 0 Å². The van der Waals surface area contributed by atoms with Gasteiger partial charge in [0.15, 0.2) is 0 Å². The summed E-state index contributed by atoms with van der Waals surface area (Å²) in [4.78, 5) is 14.3. The molecule has 1 aliphatic rings. The van der Waals surface area contributed by atoms with Crippen LogP contribution in [0.2, 0.25) is 0 Å². The van der Waals surface area contributed by atoms with E-state index in [1.807, 2.05) is 42.1 Å². The van der Waals surface area contributed by atoms with Crippen LogP contribution < -0.4 is 0 Å². The quantitative estimate of drug-likeness (QED) is 0.844. The van der Waals surface area contributed by atoms with Gasteiger partial charge in [0.1, 0.15) is 0 Å². The maximum atomic E-state index is 12.7. The normalized spacial score (nSPS) is 20.1. The third-order valence-corrected chi connectivity index (χ3v) is 3.69. The van der Waals surface area contributed by atoms with Crippen LogP contribution in [0.4, 0.5) is 0 Å². The van der Waals surface area contributed by atoms with Gasteiger partial charge in [-0.25, -0.2) is 0 Å². The Kier molecular flexibility index (Phi) is 3.46. The van der Waals surface area contributed by atoms with Gasteiger partial charge in [-0.15, -0.1) is 0 Å². The summed E-state index contributed by atoms with van der Waals surface area (Å²) in [6, 6.07) is 7.67. The number of aliphatic hydroxyl groups is 1. The van der Waals surface area contributed by atoms with Crippen LogP contribution in [0.5, 0.6) is 0 Å². The van der Waals surface area contributed by atoms with Crippen LogP contribution in [0, 0.1) is 0 Å². The number of ether oxygens (including phenoxy) is 1. The lowest BCUT2D eigenvalue weighted by Crippen LogP contribution is -2.37. The van der Waals surface area contributed by atoms with Gasteiger partial charge >= 0.3 is 0 Å². The summed E-state index contributed by atoms with van der Waals surface area (Å²) >= 11 is 0. The Morgan fingerprint density at radius 2 is 2.25 bits per heavy atom. The predicted octanol–water partition coefficient (Wildman–Crippen LogP) is 1.01. The Balaban J connectivity index is 1.95. The van der Waals surface area contributed by atoms with E-state index in [0.717, 1.165) is 10.9 Å². The maximum absolute atomic E-state index is 12.7. The highest BCUT2D eigenvalue weighted by Gasteiger charge is 2.23. The number of hydrogen-bond acceptors (Lipinski definition) is 3. The molecule has 20 heavy (non-hydrogen) atoms. The van der Waals surface area contributed by atoms with E-state index in [1.54, 1.807) is 4.90 Å². The van der Waals surface area contributed by atoms with Gasteiger partial charge in [-0.3, -0.25) is 4.79 Å². The summed E-state index contributed by atoms with van der Waals surface area (Å²) in [5.41, 5.74) is 1.71. The second-order valence-corrected chi connectivity index (χ2v) is 5.14. The van der Waals surface area contributed by atoms with Crippen LogP contribution in [0.1, 0.15) is 10.4 Å². The van der Waals surface area contributed by atoms with Gasteiger partial charge in [0.25, 0.3) is 5.91 Å². The molecule has 106 valence electrons. The van der Waals surface area contributed by atoms with E-state index < -0.39 is 6.10 Å². The molecule has 2 aromatic rings. The summed E-state index contributed by atoms with van der Waals surface area (Å²) < 4.78 is 7.26. The molecule has 1 amide bonds. The van der Waals surface area contributed by atoms with Gasteiger partial charge < -0.3 is 19.3 Å². The molecule has 0 radical (unpaired) electrons. The van der Waals surface area contributed by atoms with E-state index in [0.29, 0.717) is 31.9 Å². The highest BCUT2D eigenvalue weighted by molar-refractivity contribution is 6.06. The third-order valence-electron chi connectivity index (χ3n) is 3.69. The first kappa shape index (κ1) is 13.1. The first-order valence-electron chi connectivity index (χ1n) is 6.76. The van der Waals surface area contributed by atoms with Crippen LogP contribution >= 0.6 is 0 Å². The zero-order valence-corrected chi connectivity index (χ0v) is 11.5. The fourth-order valence-corrected chi connectivity index (χ4v) is 2.64. The molecule has 1 aromatic heterocycles. The Labute approximate surface area is 117 Å². The average molecular weight is 274 g/mol. The maximum Gasteiger partial charge on any atom is 0.254 e. The standard InChI is InChI=1S/C15H18N2O3/c1-16-6-5-12-13(3-2-4-14(12)16)15(19)17-7-8-20-10-11(18)9-17/h2-6,11,18H,7-10H2,1H3/t11-/m0/s1. The number of amides is 1. The Morgan fingerprint density at radius 3 is 3.10 bits per heavy atom. The molecule has 5 heteroatoms. The number of carbonyl (C=O) groups is 1. The summed E-state index contributed by atoms with van der Waals surface area (Å²) in [6.45, 7) is 1.59. The van der Waals surface area contributed by atoms with Gasteiger partial charge in [-0.2, -0.15) is 0 Å². The molecule has 0 spiro atoms. The molecule has 0 saturated carbocycles. The number of aromatic nitrogens is 1. The van der Waals surface area contributed by atoms with E-state index in [-0.39, 0.29) is 5.91 Å². The van der Waals surface area contributed by atoms with Crippen molar-refractivity contribution in [3.05, 3.63) is 36.0 Å². The smallest absolute Gasteiger partial charge is 0.254 e. The zero-order chi connectivity index (χ0) is 14.1. The molecule has 1 atom stereocenters. The highest BCUT2D eigenvalue weighted by Crippen LogP contribution is 2.21. The minimum Gasteiger partial charge on any atom is -0.389 e. The van der Waals surface area contributed by atoms with Gasteiger partial charge in [-0.05, 0) is 18.2 Å². The van der Waals surface area contributed by atoms with Crippen molar-refractivity contribution in [2.75, 3.05) is 26.3 Å². The number of nitrogens with zero attached hydrogens (tertiary/aromatic N) is 2. The van der Waals surface area contributed by atoms with Gasteiger partial charge in [0.05, 0.1) is 19.3 Å². The molecule has 1 aliphatic heterocycles. The molecule has 5 nitrogen and oxygen atoms in total. The Morgan fingerprint density at radius 1 is 1.40 bits per heavy atom. The molecular weight excluding hydrogens is 256 g/mol. The van der Waals surface area contributed by atoms with Gasteiger partial charge in [0.2, 0.25) is 0 Å². The molecule has 1 saturated heterocycles. The first-order chi connectivity index (χ1) is 9.66. The van der Waals surface area contributed by atoms with Crippen LogP contribution in [0.25, 0.3) is 10.9 Å². The van der Waals surface area contributed by atoms with Crippen molar-refractivity contribution in [2.24, 2.45) is 7.05 Å². The number of carbonyl (C=O) groups excluding carboxylic acids is 1. The molecule has 2 heterocycles. The minimum atomic E-state index is -0.614. The Bertz CT molecular complexity index is 635. The fraction of sp³-hybridized carbons (Fsp3) is 0.400. The SMILES string of the molecule is Cn1ccc2c(C(=O)N3CCOC[C@@H](O)C3)cccc21. The van der Waals surface area contributed by atoms with E-state index in [2.05, 4.69) is 0 Å². The molecule has 0 aliphatic carbocycles. The van der Waals surface area contributed by atoms with Crippen molar-refractivity contribution in [1.29, 1.82) is 0 Å². The predicted molar refractivity (Wildman–Crippen MR) is 75.6 cm³/mol. The number of benzene rings is 1. The highest BCUT2D eigenvalue weighted by atomic mass is 16.5. The average Bonchev–Trinajstić information content (AvgIpc) is 2.69. The zero-order valence-electron chi connectivity index (χ0n) is 11.5. The number of rotatable bonds is 1. The van der Waals surface area contributed by atoms with E-state index in [4.69, 9.17) is 4.74 Å². The van der Waals surface area contributed by atoms with Gasteiger partial charge in [0, 0.05) is 42.8 Å². The molecule has 3 rings (SSSR count). The van der Waals surface area contributed by atoms with E-state index in [9.17, 15) is 9.90 Å². The Hall–Kier alpha value is -1.85. The molecular formula is C15H18N2O3. The first-order valence-corrected chi connectivity index (χ1v) is 6.76. The summed E-state index contributed by atoms with van der Waals surface area (Å²) in [5, 5.41) is 10.7. The third kappa shape index (κ3) is 2.30. The number of β-amino-alcohol motifs (C(OH)–C–C–N with tert-alkyl or cyclic N) is 1. The van der Waals surface area contributed by atoms with Crippen LogP contribution in [-0.2, 0) is 11.8 Å². The lowest BCUT2D eigenvalue weighted by Gasteiger charge is -2.21.